The molecule has 1 aromatic rings. The molecule has 0 spiro atoms. The molecule has 0 saturated carbocycles. The predicted octanol–water partition coefficient (Wildman–Crippen LogP) is 0.459. The van der Waals surface area contributed by atoms with Gasteiger partial charge in [-0.3, -0.25) is 4.79 Å². The van der Waals surface area contributed by atoms with E-state index >= 15 is 0 Å². The van der Waals surface area contributed by atoms with Crippen molar-refractivity contribution in [1.82, 2.24) is 0 Å². The fraction of sp³-hybridized carbons (Fsp3) is 0.429. The lowest BCUT2D eigenvalue weighted by Crippen LogP contribution is -2.48. The summed E-state index contributed by atoms with van der Waals surface area (Å²) in [5.74, 6) is 0.758. The van der Waals surface area contributed by atoms with E-state index in [0.29, 0.717) is 23.8 Å². The van der Waals surface area contributed by atoms with Crippen molar-refractivity contribution in [2.24, 2.45) is 11.1 Å². The van der Waals surface area contributed by atoms with Gasteiger partial charge in [0, 0.05) is 5.56 Å². The Kier molecular flexibility index (Phi) is 2.17. The van der Waals surface area contributed by atoms with Crippen molar-refractivity contribution in [2.45, 2.75) is 18.5 Å². The van der Waals surface area contributed by atoms with Gasteiger partial charge in [-0.25, -0.2) is 0 Å². The summed E-state index contributed by atoms with van der Waals surface area (Å²) in [6.45, 7) is 0.570. The van der Waals surface area contributed by atoms with Crippen LogP contribution in [0.1, 0.15) is 5.56 Å². The molecule has 1 aromatic carbocycles. The number of benzene rings is 1. The standard InChI is InChI=1S/C14H11NO6/c16-12-10-11(6-1-2-7-8(3-6)19-5-18-7)15-21-13(10)9-4-17-14(12)20-9/h1-3,9-10,13-14H,4-5H2/t9-,10+,13+,14+/m0/s1. The van der Waals surface area contributed by atoms with Crippen LogP contribution >= 0.6 is 0 Å². The number of ether oxygens (including phenoxy) is 4. The Morgan fingerprint density at radius 3 is 3.05 bits per heavy atom. The van der Waals surface area contributed by atoms with E-state index in [1.807, 2.05) is 18.2 Å². The molecule has 4 aliphatic rings. The molecule has 0 unspecified atom stereocenters. The number of hydrogen-bond acceptors (Lipinski definition) is 7. The lowest BCUT2D eigenvalue weighted by molar-refractivity contribution is -0.169. The van der Waals surface area contributed by atoms with E-state index in [1.54, 1.807) is 0 Å². The normalized spacial score (nSPS) is 35.4. The van der Waals surface area contributed by atoms with E-state index in [-0.39, 0.29) is 18.7 Å². The smallest absolute Gasteiger partial charge is 0.231 e. The molecule has 0 N–H and O–H groups in total. The zero-order valence-corrected chi connectivity index (χ0v) is 10.9. The molecule has 2 bridgehead atoms. The van der Waals surface area contributed by atoms with Crippen LogP contribution in [0, 0.1) is 5.92 Å². The van der Waals surface area contributed by atoms with Gasteiger partial charge < -0.3 is 23.8 Å². The van der Waals surface area contributed by atoms with Crippen LogP contribution in [0.5, 0.6) is 11.5 Å². The van der Waals surface area contributed by atoms with E-state index in [0.717, 1.165) is 5.56 Å². The van der Waals surface area contributed by atoms with E-state index in [2.05, 4.69) is 5.16 Å². The molecule has 4 heterocycles. The first kappa shape index (κ1) is 11.5. The molecule has 0 amide bonds. The van der Waals surface area contributed by atoms with Gasteiger partial charge in [0.1, 0.15) is 17.7 Å². The molecular weight excluding hydrogens is 278 g/mol. The van der Waals surface area contributed by atoms with Crippen molar-refractivity contribution in [3.8, 4) is 11.5 Å². The van der Waals surface area contributed by atoms with Crippen LogP contribution in [0.3, 0.4) is 0 Å². The Hall–Kier alpha value is -2.12. The predicted molar refractivity (Wildman–Crippen MR) is 67.1 cm³/mol. The van der Waals surface area contributed by atoms with Crippen LogP contribution < -0.4 is 9.47 Å². The molecular formula is C14H11NO6. The Bertz CT molecular complexity index is 671. The summed E-state index contributed by atoms with van der Waals surface area (Å²) in [4.78, 5) is 17.8. The average Bonchev–Trinajstić information content (AvgIpc) is 3.22. The van der Waals surface area contributed by atoms with Gasteiger partial charge in [-0.15, -0.1) is 0 Å². The van der Waals surface area contributed by atoms with E-state index in [1.165, 1.54) is 0 Å². The van der Waals surface area contributed by atoms with Crippen LogP contribution in [-0.2, 0) is 19.1 Å². The molecule has 21 heavy (non-hydrogen) atoms. The van der Waals surface area contributed by atoms with Gasteiger partial charge in [-0.05, 0) is 18.2 Å². The summed E-state index contributed by atoms with van der Waals surface area (Å²) < 4.78 is 21.5. The summed E-state index contributed by atoms with van der Waals surface area (Å²) in [5.41, 5.74) is 1.40. The van der Waals surface area contributed by atoms with Crippen LogP contribution in [0.15, 0.2) is 23.4 Å². The summed E-state index contributed by atoms with van der Waals surface area (Å²) >= 11 is 0. The van der Waals surface area contributed by atoms with Crippen molar-refractivity contribution in [3.05, 3.63) is 23.8 Å². The third kappa shape index (κ3) is 1.50. The third-order valence-corrected chi connectivity index (χ3v) is 4.18. The van der Waals surface area contributed by atoms with Crippen LogP contribution in [-0.4, -0.2) is 43.4 Å². The molecule has 0 radical (unpaired) electrons. The minimum Gasteiger partial charge on any atom is -0.454 e. The number of rotatable bonds is 1. The zero-order chi connectivity index (χ0) is 14.0. The number of carbonyl (C=O) groups is 1. The van der Waals surface area contributed by atoms with Crippen LogP contribution in [0.25, 0.3) is 0 Å². The Morgan fingerprint density at radius 2 is 2.10 bits per heavy atom. The second-order valence-electron chi connectivity index (χ2n) is 5.33. The molecule has 2 fully saturated rings. The molecule has 108 valence electrons. The fourth-order valence-corrected chi connectivity index (χ4v) is 3.15. The van der Waals surface area contributed by atoms with Gasteiger partial charge in [-0.1, -0.05) is 5.16 Å². The lowest BCUT2D eigenvalue weighted by atomic mass is 9.85. The Morgan fingerprint density at radius 1 is 1.19 bits per heavy atom. The molecule has 2 saturated heterocycles. The minimum atomic E-state index is -0.794. The lowest BCUT2D eigenvalue weighted by Gasteiger charge is -2.27. The van der Waals surface area contributed by atoms with E-state index in [4.69, 9.17) is 23.8 Å². The highest BCUT2D eigenvalue weighted by Crippen LogP contribution is 2.39. The number of ketones is 1. The van der Waals surface area contributed by atoms with Gasteiger partial charge in [0.2, 0.25) is 18.9 Å². The molecule has 4 atom stereocenters. The van der Waals surface area contributed by atoms with Gasteiger partial charge in [0.25, 0.3) is 0 Å². The van der Waals surface area contributed by atoms with Crippen molar-refractivity contribution >= 4 is 11.5 Å². The monoisotopic (exact) mass is 289 g/mol. The topological polar surface area (TPSA) is 75.6 Å². The average molecular weight is 289 g/mol. The summed E-state index contributed by atoms with van der Waals surface area (Å²) in [6, 6.07) is 5.48. The van der Waals surface area contributed by atoms with Gasteiger partial charge in [0.15, 0.2) is 17.6 Å². The summed E-state index contributed by atoms with van der Waals surface area (Å²) in [5, 5.41) is 4.11. The van der Waals surface area contributed by atoms with Crippen LogP contribution in [0.4, 0.5) is 0 Å². The quantitative estimate of drug-likeness (QED) is 0.747. The molecule has 4 aliphatic heterocycles. The zero-order valence-electron chi connectivity index (χ0n) is 10.9. The fourth-order valence-electron chi connectivity index (χ4n) is 3.15. The van der Waals surface area contributed by atoms with Gasteiger partial charge in [-0.2, -0.15) is 0 Å². The number of Topliss-reactive ketones (excluding diaryl/α,β-unsaturated/α-hetero) is 1. The first-order valence-corrected chi connectivity index (χ1v) is 6.76. The summed E-state index contributed by atoms with van der Waals surface area (Å²) in [6.07, 6.45) is -1.44. The highest BCUT2D eigenvalue weighted by Gasteiger charge is 2.56. The number of fused-ring (bicyclic) bond motifs is 5. The van der Waals surface area contributed by atoms with Crippen molar-refractivity contribution in [3.63, 3.8) is 0 Å². The largest absolute Gasteiger partial charge is 0.454 e. The summed E-state index contributed by atoms with van der Waals surface area (Å²) in [7, 11) is 0. The molecule has 0 aromatic heterocycles. The third-order valence-electron chi connectivity index (χ3n) is 4.18. The molecule has 0 aliphatic carbocycles. The number of oxime groups is 1. The maximum atomic E-state index is 12.4. The Labute approximate surface area is 119 Å². The van der Waals surface area contributed by atoms with E-state index in [9.17, 15) is 4.79 Å². The minimum absolute atomic E-state index is 0.136. The van der Waals surface area contributed by atoms with Crippen molar-refractivity contribution < 1.29 is 28.6 Å². The van der Waals surface area contributed by atoms with Gasteiger partial charge in [0.05, 0.1) is 6.61 Å². The Balaban J connectivity index is 1.54. The van der Waals surface area contributed by atoms with E-state index < -0.39 is 18.3 Å². The molecule has 7 nitrogen and oxygen atoms in total. The maximum absolute atomic E-state index is 12.4. The molecule has 5 rings (SSSR count). The second-order valence-corrected chi connectivity index (χ2v) is 5.33. The number of hydrogen-bond donors (Lipinski definition) is 0. The second kappa shape index (κ2) is 3.96. The van der Waals surface area contributed by atoms with Gasteiger partial charge >= 0.3 is 0 Å². The highest BCUT2D eigenvalue weighted by molar-refractivity contribution is 6.16. The van der Waals surface area contributed by atoms with Crippen molar-refractivity contribution in [1.29, 1.82) is 0 Å². The molecule has 7 heteroatoms. The SMILES string of the molecule is O=C1[C@@H]2OC[C@H](O2)[C@H]2ON=C(c3ccc4c(c3)OCO4)[C@H]12. The maximum Gasteiger partial charge on any atom is 0.231 e. The van der Waals surface area contributed by atoms with Crippen molar-refractivity contribution in [2.75, 3.05) is 13.4 Å². The first-order chi connectivity index (χ1) is 10.3. The number of nitrogens with zero attached hydrogens (tertiary/aromatic N) is 1. The number of carbonyl (C=O) groups excluding carboxylic acids is 1. The first-order valence-electron chi connectivity index (χ1n) is 6.76. The highest BCUT2D eigenvalue weighted by atomic mass is 16.8. The van der Waals surface area contributed by atoms with Crippen LogP contribution in [0.2, 0.25) is 0 Å².